The number of aromatic nitrogens is 2. The minimum absolute atomic E-state index is 0.0255. The quantitative estimate of drug-likeness (QED) is 0.875. The zero-order valence-electron chi connectivity index (χ0n) is 10.5. The second-order valence-electron chi connectivity index (χ2n) is 4.15. The third-order valence-electron chi connectivity index (χ3n) is 2.57. The number of hydrogen-bond donors (Lipinski definition) is 1. The lowest BCUT2D eigenvalue weighted by Crippen LogP contribution is -2.07. The predicted octanol–water partition coefficient (Wildman–Crippen LogP) is 2.11. The Bertz CT molecular complexity index is 542. The summed E-state index contributed by atoms with van der Waals surface area (Å²) in [5, 5.41) is 3.26. The third-order valence-corrected chi connectivity index (χ3v) is 2.57. The molecule has 2 rings (SSSR count). The molecule has 0 aliphatic rings. The fourth-order valence-corrected chi connectivity index (χ4v) is 1.66. The van der Waals surface area contributed by atoms with Crippen LogP contribution in [-0.2, 0) is 6.54 Å². The summed E-state index contributed by atoms with van der Waals surface area (Å²) < 4.78 is 1.94. The van der Waals surface area contributed by atoms with Crippen LogP contribution in [0.4, 0.5) is 5.82 Å². The highest BCUT2D eigenvalue weighted by atomic mass is 16.1. The molecule has 1 N–H and O–H groups in total. The van der Waals surface area contributed by atoms with Crippen molar-refractivity contribution in [2.45, 2.75) is 19.9 Å². The van der Waals surface area contributed by atoms with Gasteiger partial charge in [0, 0.05) is 31.1 Å². The minimum Gasteiger partial charge on any atom is -0.370 e. The van der Waals surface area contributed by atoms with Crippen LogP contribution in [-0.4, -0.2) is 16.1 Å². The molecule has 4 heteroatoms. The molecule has 94 valence electrons. The third kappa shape index (κ3) is 3.45. The molecule has 0 amide bonds. The number of pyridine rings is 2. The molecule has 0 unspecified atom stereocenters. The highest BCUT2D eigenvalue weighted by Crippen LogP contribution is 2.06. The molecule has 0 saturated carbocycles. The zero-order valence-corrected chi connectivity index (χ0v) is 10.5. The molecular formula is C14H17N3O. The average molecular weight is 243 g/mol. The monoisotopic (exact) mass is 243 g/mol. The van der Waals surface area contributed by atoms with Crippen LogP contribution in [0.3, 0.4) is 0 Å². The molecule has 0 radical (unpaired) electrons. The van der Waals surface area contributed by atoms with E-state index in [9.17, 15) is 4.79 Å². The number of nitrogens with one attached hydrogen (secondary N) is 1. The van der Waals surface area contributed by atoms with E-state index >= 15 is 0 Å². The second kappa shape index (κ2) is 6.00. The van der Waals surface area contributed by atoms with Gasteiger partial charge in [0.05, 0.1) is 12.2 Å². The first-order chi connectivity index (χ1) is 8.78. The normalized spacial score (nSPS) is 10.3. The Kier molecular flexibility index (Phi) is 4.12. The van der Waals surface area contributed by atoms with Crippen molar-refractivity contribution in [2.24, 2.45) is 0 Å². The van der Waals surface area contributed by atoms with Gasteiger partial charge >= 0.3 is 0 Å². The molecule has 2 heterocycles. The smallest absolute Gasteiger partial charge is 0.181 e. The van der Waals surface area contributed by atoms with Crippen LogP contribution >= 0.6 is 0 Å². The molecule has 0 aromatic carbocycles. The maximum Gasteiger partial charge on any atom is 0.181 e. The first kappa shape index (κ1) is 12.4. The first-order valence-electron chi connectivity index (χ1n) is 6.14. The minimum atomic E-state index is 0.0255. The molecule has 0 aliphatic heterocycles. The molecule has 4 nitrogen and oxygen atoms in total. The Labute approximate surface area is 106 Å². The molecule has 0 spiro atoms. The van der Waals surface area contributed by atoms with Crippen LogP contribution in [0.5, 0.6) is 0 Å². The molecule has 2 aromatic rings. The lowest BCUT2D eigenvalue weighted by molar-refractivity contribution is 0.765. The Balaban J connectivity index is 2.09. The maximum absolute atomic E-state index is 11.0. The predicted molar refractivity (Wildman–Crippen MR) is 72.8 cm³/mol. The average Bonchev–Trinajstić information content (AvgIpc) is 2.40. The molecule has 2 aromatic heterocycles. The summed E-state index contributed by atoms with van der Waals surface area (Å²) in [6, 6.07) is 9.04. The van der Waals surface area contributed by atoms with Gasteiger partial charge in [-0.2, -0.15) is 0 Å². The van der Waals surface area contributed by atoms with Gasteiger partial charge in [0.2, 0.25) is 0 Å². The van der Waals surface area contributed by atoms with Gasteiger partial charge in [-0.15, -0.1) is 0 Å². The summed E-state index contributed by atoms with van der Waals surface area (Å²) in [6.45, 7) is 3.72. The second-order valence-corrected chi connectivity index (χ2v) is 4.15. The molecule has 18 heavy (non-hydrogen) atoms. The number of rotatable bonds is 5. The van der Waals surface area contributed by atoms with Crippen LogP contribution in [0.15, 0.2) is 47.5 Å². The van der Waals surface area contributed by atoms with Crippen LogP contribution in [0.25, 0.3) is 0 Å². The fraction of sp³-hybridized carbons (Fsp3) is 0.286. The Morgan fingerprint density at radius 3 is 2.72 bits per heavy atom. The van der Waals surface area contributed by atoms with E-state index in [2.05, 4.69) is 17.2 Å². The van der Waals surface area contributed by atoms with E-state index in [0.717, 1.165) is 24.5 Å². The summed E-state index contributed by atoms with van der Waals surface area (Å²) in [7, 11) is 0. The summed E-state index contributed by atoms with van der Waals surface area (Å²) in [4.78, 5) is 15.5. The topological polar surface area (TPSA) is 46.9 Å². The Morgan fingerprint density at radius 1 is 1.22 bits per heavy atom. The molecule has 0 fully saturated rings. The van der Waals surface area contributed by atoms with Gasteiger partial charge in [0.15, 0.2) is 5.43 Å². The fourth-order valence-electron chi connectivity index (χ4n) is 1.66. The summed E-state index contributed by atoms with van der Waals surface area (Å²) in [6.07, 6.45) is 4.62. The highest BCUT2D eigenvalue weighted by molar-refractivity contribution is 5.35. The largest absolute Gasteiger partial charge is 0.370 e. The van der Waals surface area contributed by atoms with Gasteiger partial charge in [0.25, 0.3) is 0 Å². The number of anilines is 1. The summed E-state index contributed by atoms with van der Waals surface area (Å²) in [5.41, 5.74) is 0.998. The summed E-state index contributed by atoms with van der Waals surface area (Å²) >= 11 is 0. The van der Waals surface area contributed by atoms with Crippen LogP contribution in [0.1, 0.15) is 19.0 Å². The summed E-state index contributed by atoms with van der Waals surface area (Å²) in [5.74, 6) is 0.899. The van der Waals surface area contributed by atoms with Gasteiger partial charge in [-0.3, -0.25) is 4.79 Å². The molecule has 0 aliphatic carbocycles. The van der Waals surface area contributed by atoms with E-state index in [0.29, 0.717) is 6.54 Å². The molecular weight excluding hydrogens is 226 g/mol. The van der Waals surface area contributed by atoms with Crippen molar-refractivity contribution in [2.75, 3.05) is 11.9 Å². The standard InChI is InChI=1S/C14H17N3O/c1-2-8-15-14-5-3-4-12(16-14)11-17-9-6-13(18)7-10-17/h3-7,9-10H,2,8,11H2,1H3,(H,15,16). The molecule has 0 atom stereocenters. The zero-order chi connectivity index (χ0) is 12.8. The maximum atomic E-state index is 11.0. The van der Waals surface area contributed by atoms with Crippen molar-refractivity contribution < 1.29 is 0 Å². The van der Waals surface area contributed by atoms with Gasteiger partial charge in [0.1, 0.15) is 5.82 Å². The van der Waals surface area contributed by atoms with Crippen molar-refractivity contribution in [3.05, 3.63) is 58.6 Å². The van der Waals surface area contributed by atoms with E-state index in [1.165, 1.54) is 0 Å². The number of nitrogens with zero attached hydrogens (tertiary/aromatic N) is 2. The van der Waals surface area contributed by atoms with Gasteiger partial charge < -0.3 is 9.88 Å². The van der Waals surface area contributed by atoms with Gasteiger partial charge in [-0.1, -0.05) is 13.0 Å². The van der Waals surface area contributed by atoms with Crippen molar-refractivity contribution in [3.63, 3.8) is 0 Å². The first-order valence-corrected chi connectivity index (χ1v) is 6.14. The van der Waals surface area contributed by atoms with Crippen molar-refractivity contribution >= 4 is 5.82 Å². The van der Waals surface area contributed by atoms with Crippen LogP contribution in [0, 0.1) is 0 Å². The molecule has 0 bridgehead atoms. The highest BCUT2D eigenvalue weighted by Gasteiger charge is 1.98. The van der Waals surface area contributed by atoms with E-state index in [1.54, 1.807) is 24.5 Å². The SMILES string of the molecule is CCCNc1cccc(Cn2ccc(=O)cc2)n1. The van der Waals surface area contributed by atoms with Gasteiger partial charge in [-0.25, -0.2) is 4.98 Å². The van der Waals surface area contributed by atoms with E-state index < -0.39 is 0 Å². The van der Waals surface area contributed by atoms with Crippen molar-refractivity contribution in [3.8, 4) is 0 Å². The van der Waals surface area contributed by atoms with Crippen LogP contribution < -0.4 is 10.7 Å². The van der Waals surface area contributed by atoms with E-state index in [1.807, 2.05) is 22.8 Å². The van der Waals surface area contributed by atoms with Gasteiger partial charge in [-0.05, 0) is 18.6 Å². The van der Waals surface area contributed by atoms with Crippen molar-refractivity contribution in [1.82, 2.24) is 9.55 Å². The molecule has 0 saturated heterocycles. The lowest BCUT2D eigenvalue weighted by atomic mass is 10.3. The van der Waals surface area contributed by atoms with E-state index in [-0.39, 0.29) is 5.43 Å². The van der Waals surface area contributed by atoms with E-state index in [4.69, 9.17) is 0 Å². The Morgan fingerprint density at radius 2 is 2.00 bits per heavy atom. The van der Waals surface area contributed by atoms with Crippen LogP contribution in [0.2, 0.25) is 0 Å². The number of hydrogen-bond acceptors (Lipinski definition) is 3. The lowest BCUT2D eigenvalue weighted by Gasteiger charge is -2.08. The Hall–Kier alpha value is -2.10. The van der Waals surface area contributed by atoms with Crippen molar-refractivity contribution in [1.29, 1.82) is 0 Å².